The number of esters is 4. The molecule has 0 unspecified atom stereocenters. The molecule has 0 aliphatic rings. The highest BCUT2D eigenvalue weighted by atomic mass is 16.5. The summed E-state index contributed by atoms with van der Waals surface area (Å²) < 4.78 is 22.1. The lowest BCUT2D eigenvalue weighted by molar-refractivity contribution is -0.145. The Morgan fingerprint density at radius 1 is 0.318 bits per heavy atom. The van der Waals surface area contributed by atoms with Crippen molar-refractivity contribution in [2.75, 3.05) is 85.8 Å². The Kier molecular flexibility index (Phi) is 47.2. The Labute approximate surface area is 404 Å². The van der Waals surface area contributed by atoms with Gasteiger partial charge in [-0.1, -0.05) is 128 Å². The summed E-state index contributed by atoms with van der Waals surface area (Å²) in [7, 11) is 2.10. The maximum absolute atomic E-state index is 12.6. The highest BCUT2D eigenvalue weighted by Crippen LogP contribution is 2.07. The summed E-state index contributed by atoms with van der Waals surface area (Å²) in [4.78, 5) is 57.2. The van der Waals surface area contributed by atoms with Crippen LogP contribution in [0.2, 0.25) is 0 Å². The second-order valence-corrected chi connectivity index (χ2v) is 17.6. The molecule has 0 aliphatic carbocycles. The molecular weight excluding hydrogens is 831 g/mol. The predicted octanol–water partition coefficient (Wildman–Crippen LogP) is 12.1. The molecule has 0 aromatic rings. The minimum atomic E-state index is -0.216. The van der Waals surface area contributed by atoms with Crippen molar-refractivity contribution in [3.63, 3.8) is 0 Å². The molecule has 66 heavy (non-hydrogen) atoms. The van der Waals surface area contributed by atoms with Crippen LogP contribution >= 0.6 is 0 Å². The molecule has 0 rings (SSSR count). The number of hydrogen-bond acceptors (Lipinski definition) is 11. The van der Waals surface area contributed by atoms with E-state index in [9.17, 15) is 19.2 Å². The first-order valence-electron chi connectivity index (χ1n) is 26.6. The van der Waals surface area contributed by atoms with Gasteiger partial charge >= 0.3 is 23.9 Å². The third-order valence-electron chi connectivity index (χ3n) is 11.3. The molecule has 11 nitrogen and oxygen atoms in total. The van der Waals surface area contributed by atoms with Crippen LogP contribution < -0.4 is 0 Å². The van der Waals surface area contributed by atoms with E-state index in [1.54, 1.807) is 0 Å². The maximum Gasteiger partial charge on any atom is 0.307 e. The van der Waals surface area contributed by atoms with Crippen molar-refractivity contribution < 1.29 is 38.1 Å². The number of hydrogen-bond donors (Lipinski definition) is 0. The van der Waals surface area contributed by atoms with Crippen LogP contribution in [0.15, 0.2) is 48.6 Å². The SMILES string of the molecule is CCCCC/C=C\CCOC(=O)CCN(CCCN(C)CCCN(CCC(=O)OCC/C=C\CCCCC)CCC(=O)OCC/C=C\CCCCC)CCC(=O)OCC/C=C\CCCCC. The lowest BCUT2D eigenvalue weighted by atomic mass is 10.2. The molecule has 0 radical (unpaired) electrons. The van der Waals surface area contributed by atoms with Gasteiger partial charge in [0, 0.05) is 26.2 Å². The van der Waals surface area contributed by atoms with Crippen molar-refractivity contribution in [3.8, 4) is 0 Å². The summed E-state index contributed by atoms with van der Waals surface area (Å²) in [5, 5.41) is 0. The Morgan fingerprint density at radius 2 is 0.561 bits per heavy atom. The first kappa shape index (κ1) is 62.7. The van der Waals surface area contributed by atoms with Gasteiger partial charge in [0.25, 0.3) is 0 Å². The number of allylic oxidation sites excluding steroid dienone is 4. The van der Waals surface area contributed by atoms with E-state index in [0.717, 1.165) is 90.4 Å². The molecule has 0 atom stereocenters. The molecule has 0 spiro atoms. The van der Waals surface area contributed by atoms with Crippen molar-refractivity contribution in [2.24, 2.45) is 0 Å². The molecule has 0 amide bonds. The quantitative estimate of drug-likeness (QED) is 0.0251. The summed E-state index contributed by atoms with van der Waals surface area (Å²) in [6.07, 6.45) is 41.6. The van der Waals surface area contributed by atoms with E-state index in [4.69, 9.17) is 18.9 Å². The van der Waals surface area contributed by atoms with Crippen LogP contribution in [-0.4, -0.2) is 124 Å². The smallest absolute Gasteiger partial charge is 0.307 e. The van der Waals surface area contributed by atoms with Gasteiger partial charge in [-0.2, -0.15) is 0 Å². The normalized spacial score (nSPS) is 12.0. The molecule has 382 valence electrons. The van der Waals surface area contributed by atoms with Gasteiger partial charge in [0.1, 0.15) is 0 Å². The number of rotatable bonds is 48. The van der Waals surface area contributed by atoms with Crippen LogP contribution in [0.25, 0.3) is 0 Å². The highest BCUT2D eigenvalue weighted by Gasteiger charge is 2.15. The van der Waals surface area contributed by atoms with Gasteiger partial charge in [-0.05, 0) is 123 Å². The average Bonchev–Trinajstić information content (AvgIpc) is 3.31. The Balaban J connectivity index is 5.09. The second-order valence-electron chi connectivity index (χ2n) is 17.6. The zero-order chi connectivity index (χ0) is 48.4. The summed E-state index contributed by atoms with van der Waals surface area (Å²) in [6.45, 7) is 15.6. The van der Waals surface area contributed by atoms with Crippen molar-refractivity contribution in [1.82, 2.24) is 14.7 Å². The molecule has 0 fully saturated rings. The third-order valence-corrected chi connectivity index (χ3v) is 11.3. The fraction of sp³-hybridized carbons (Fsp3) is 0.782. The van der Waals surface area contributed by atoms with Crippen LogP contribution in [0.5, 0.6) is 0 Å². The third kappa shape index (κ3) is 45.9. The van der Waals surface area contributed by atoms with Gasteiger partial charge < -0.3 is 33.6 Å². The second kappa shape index (κ2) is 49.6. The minimum absolute atomic E-state index is 0.216. The van der Waals surface area contributed by atoms with Crippen LogP contribution in [0.3, 0.4) is 0 Å². The number of carbonyl (C=O) groups excluding carboxylic acids is 4. The maximum atomic E-state index is 12.6. The zero-order valence-corrected chi connectivity index (χ0v) is 43.1. The molecule has 0 aromatic heterocycles. The fourth-order valence-corrected chi connectivity index (χ4v) is 7.15. The first-order chi connectivity index (χ1) is 32.2. The van der Waals surface area contributed by atoms with E-state index in [1.165, 1.54) is 77.0 Å². The van der Waals surface area contributed by atoms with Gasteiger partial charge in [-0.15, -0.1) is 0 Å². The first-order valence-corrected chi connectivity index (χ1v) is 26.6. The molecule has 0 N–H and O–H groups in total. The topological polar surface area (TPSA) is 115 Å². The number of carbonyl (C=O) groups is 4. The van der Waals surface area contributed by atoms with E-state index in [-0.39, 0.29) is 49.6 Å². The highest BCUT2D eigenvalue weighted by molar-refractivity contribution is 5.71. The van der Waals surface area contributed by atoms with Crippen molar-refractivity contribution in [2.45, 2.75) is 195 Å². The molecule has 0 heterocycles. The van der Waals surface area contributed by atoms with Gasteiger partial charge in [-0.3, -0.25) is 19.2 Å². The number of nitrogens with zero attached hydrogens (tertiary/aromatic N) is 3. The largest absolute Gasteiger partial charge is 0.465 e. The van der Waals surface area contributed by atoms with Gasteiger partial charge in [-0.25, -0.2) is 0 Å². The lowest BCUT2D eigenvalue weighted by Gasteiger charge is -2.25. The Bertz CT molecular complexity index is 1090. The Morgan fingerprint density at radius 3 is 0.803 bits per heavy atom. The van der Waals surface area contributed by atoms with Gasteiger partial charge in [0.2, 0.25) is 0 Å². The average molecular weight is 930 g/mol. The zero-order valence-electron chi connectivity index (χ0n) is 43.1. The molecule has 0 saturated heterocycles. The van der Waals surface area contributed by atoms with E-state index in [0.29, 0.717) is 52.6 Å². The summed E-state index contributed by atoms with van der Waals surface area (Å²) >= 11 is 0. The minimum Gasteiger partial charge on any atom is -0.465 e. The summed E-state index contributed by atoms with van der Waals surface area (Å²) in [6, 6.07) is 0. The summed E-state index contributed by atoms with van der Waals surface area (Å²) in [5.74, 6) is -0.865. The Hall–Kier alpha value is -3.28. The van der Waals surface area contributed by atoms with Gasteiger partial charge in [0.05, 0.1) is 52.1 Å². The molecule has 0 saturated carbocycles. The van der Waals surface area contributed by atoms with E-state index in [1.807, 2.05) is 0 Å². The van der Waals surface area contributed by atoms with E-state index in [2.05, 4.69) is 98.1 Å². The monoisotopic (exact) mass is 930 g/mol. The van der Waals surface area contributed by atoms with Gasteiger partial charge in [0.15, 0.2) is 0 Å². The number of unbranched alkanes of at least 4 members (excludes halogenated alkanes) is 12. The fourth-order valence-electron chi connectivity index (χ4n) is 7.15. The molecule has 0 aliphatic heterocycles. The van der Waals surface area contributed by atoms with Crippen LogP contribution in [0, 0.1) is 0 Å². The van der Waals surface area contributed by atoms with Crippen LogP contribution in [-0.2, 0) is 38.1 Å². The predicted molar refractivity (Wildman–Crippen MR) is 274 cm³/mol. The lowest BCUT2D eigenvalue weighted by Crippen LogP contribution is -2.34. The van der Waals surface area contributed by atoms with Crippen molar-refractivity contribution >= 4 is 23.9 Å². The van der Waals surface area contributed by atoms with E-state index >= 15 is 0 Å². The molecule has 0 bridgehead atoms. The van der Waals surface area contributed by atoms with Crippen molar-refractivity contribution in [1.29, 1.82) is 0 Å². The standard InChI is InChI=1S/C55H99N3O8/c1-6-10-14-18-22-26-30-48-63-52(59)36-44-57(45-37-53(60)64-49-31-27-23-19-15-11-7-2)42-34-40-56(5)41-35-43-58(46-38-54(61)65-50-32-28-24-20-16-12-8-3)47-39-55(62)66-51-33-29-25-21-17-13-9-4/h22-29H,6-21,30-51H2,1-5H3/b26-22-,27-23-,28-24-,29-25-. The van der Waals surface area contributed by atoms with Crippen LogP contribution in [0.1, 0.15) is 195 Å². The van der Waals surface area contributed by atoms with Crippen LogP contribution in [0.4, 0.5) is 0 Å². The molecular formula is C55H99N3O8. The van der Waals surface area contributed by atoms with Crippen molar-refractivity contribution in [3.05, 3.63) is 48.6 Å². The molecule has 0 aromatic carbocycles. The summed E-state index contributed by atoms with van der Waals surface area (Å²) in [5.41, 5.74) is 0. The molecule has 11 heteroatoms. The number of ether oxygens (including phenoxy) is 4. The van der Waals surface area contributed by atoms with E-state index < -0.39 is 0 Å².